The summed E-state index contributed by atoms with van der Waals surface area (Å²) in [7, 11) is 0. The first-order valence-corrected chi connectivity index (χ1v) is 8.96. The third-order valence-corrected chi connectivity index (χ3v) is 4.58. The number of rotatable bonds is 6. The molecule has 0 aliphatic carbocycles. The number of Topliss-reactive ketones (excluding diaryl/α,β-unsaturated/α-hetero) is 1. The minimum atomic E-state index is -6.44. The molecule has 2 heterocycles. The van der Waals surface area contributed by atoms with Crippen LogP contribution in [0.3, 0.4) is 0 Å². The van der Waals surface area contributed by atoms with Crippen LogP contribution in [0.2, 0.25) is 0 Å². The zero-order chi connectivity index (χ0) is 23.2. The highest BCUT2D eigenvalue weighted by atomic mass is 19.4. The molecule has 2 fully saturated rings. The molecule has 0 aromatic heterocycles. The Morgan fingerprint density at radius 3 is 2.26 bits per heavy atom. The van der Waals surface area contributed by atoms with E-state index in [9.17, 15) is 35.5 Å². The van der Waals surface area contributed by atoms with Gasteiger partial charge in [-0.15, -0.1) is 0 Å². The number of fused-ring (bicyclic) bond motifs is 1. The van der Waals surface area contributed by atoms with E-state index >= 15 is 0 Å². The lowest BCUT2D eigenvalue weighted by atomic mass is 10.0. The quantitative estimate of drug-likeness (QED) is 0.468. The molecule has 0 bridgehead atoms. The van der Waals surface area contributed by atoms with E-state index in [0.29, 0.717) is 5.56 Å². The van der Waals surface area contributed by atoms with E-state index in [1.807, 2.05) is 0 Å². The number of carbonyl (C=O) groups excluding carboxylic acids is 1. The standard InChI is InChI=1S/C19H17F7O5/c1-17(2)30-14-13(28-8-9-6-4-3-5-7-9)12(29-16(14)31-17)11(27)10(20)15(21)18(22,23)19(24,25)26/h3-7,12-14,16H,8H2,1-2H3/b15-10+/t12-,13+,14-,16-/m1/s1. The SMILES string of the molecule is CC1(C)O[C@H]2O[C@H](C(=O)/C(F)=C(\F)C(F)(F)C(F)(F)F)[C@H](OCc3ccccc3)[C@H]2O1. The highest BCUT2D eigenvalue weighted by molar-refractivity contribution is 5.98. The fraction of sp³-hybridized carbons (Fsp3) is 0.526. The summed E-state index contributed by atoms with van der Waals surface area (Å²) in [6, 6.07) is 8.34. The molecule has 0 radical (unpaired) electrons. The Balaban J connectivity index is 1.87. The van der Waals surface area contributed by atoms with Crippen molar-refractivity contribution in [2.45, 2.75) is 62.9 Å². The van der Waals surface area contributed by atoms with Crippen molar-refractivity contribution in [1.29, 1.82) is 0 Å². The molecule has 0 N–H and O–H groups in total. The third-order valence-electron chi connectivity index (χ3n) is 4.58. The zero-order valence-electron chi connectivity index (χ0n) is 16.1. The predicted octanol–water partition coefficient (Wildman–Crippen LogP) is 4.37. The molecule has 0 unspecified atom stereocenters. The molecule has 0 amide bonds. The molecule has 2 aliphatic heterocycles. The number of carbonyl (C=O) groups is 1. The lowest BCUT2D eigenvalue weighted by molar-refractivity contribution is -0.271. The molecule has 2 saturated heterocycles. The van der Waals surface area contributed by atoms with Crippen LogP contribution in [0.25, 0.3) is 0 Å². The topological polar surface area (TPSA) is 54.0 Å². The molecular formula is C19H17F7O5. The zero-order valence-corrected chi connectivity index (χ0v) is 16.1. The van der Waals surface area contributed by atoms with Crippen LogP contribution in [0.1, 0.15) is 19.4 Å². The molecule has 12 heteroatoms. The van der Waals surface area contributed by atoms with Crippen molar-refractivity contribution >= 4 is 5.78 Å². The highest BCUT2D eigenvalue weighted by Crippen LogP contribution is 2.45. The van der Waals surface area contributed by atoms with Gasteiger partial charge in [0.1, 0.15) is 12.2 Å². The Labute approximate surface area is 171 Å². The second-order valence-corrected chi connectivity index (χ2v) is 7.35. The van der Waals surface area contributed by atoms with Crippen molar-refractivity contribution < 1.29 is 54.5 Å². The number of benzene rings is 1. The van der Waals surface area contributed by atoms with E-state index in [2.05, 4.69) is 0 Å². The van der Waals surface area contributed by atoms with E-state index in [1.54, 1.807) is 30.3 Å². The maximum atomic E-state index is 14.1. The summed E-state index contributed by atoms with van der Waals surface area (Å²) in [5.74, 6) is -16.0. The Morgan fingerprint density at radius 2 is 1.68 bits per heavy atom. The molecule has 1 aromatic carbocycles. The summed E-state index contributed by atoms with van der Waals surface area (Å²) < 4.78 is 113. The van der Waals surface area contributed by atoms with Crippen molar-refractivity contribution in [3.63, 3.8) is 0 Å². The Kier molecular flexibility index (Phi) is 6.22. The number of halogens is 7. The van der Waals surface area contributed by atoms with Crippen LogP contribution in [0.4, 0.5) is 30.7 Å². The van der Waals surface area contributed by atoms with Gasteiger partial charge < -0.3 is 18.9 Å². The summed E-state index contributed by atoms with van der Waals surface area (Å²) in [5.41, 5.74) is 0.598. The fourth-order valence-corrected chi connectivity index (χ4v) is 3.13. The largest absolute Gasteiger partial charge is 0.460 e. The molecule has 3 rings (SSSR count). The van der Waals surface area contributed by atoms with Gasteiger partial charge in [0.15, 0.2) is 18.2 Å². The van der Waals surface area contributed by atoms with Gasteiger partial charge >= 0.3 is 12.1 Å². The molecule has 172 valence electrons. The van der Waals surface area contributed by atoms with Gasteiger partial charge in [0.25, 0.3) is 0 Å². The smallest absolute Gasteiger partial charge is 0.367 e. The van der Waals surface area contributed by atoms with Crippen molar-refractivity contribution in [3.05, 3.63) is 47.5 Å². The second kappa shape index (κ2) is 8.15. The van der Waals surface area contributed by atoms with Gasteiger partial charge in [-0.3, -0.25) is 4.79 Å². The van der Waals surface area contributed by atoms with Gasteiger partial charge in [-0.05, 0) is 19.4 Å². The summed E-state index contributed by atoms with van der Waals surface area (Å²) in [4.78, 5) is 12.3. The average molecular weight is 458 g/mol. The fourth-order valence-electron chi connectivity index (χ4n) is 3.13. The third kappa shape index (κ3) is 4.61. The van der Waals surface area contributed by atoms with E-state index < -0.39 is 59.9 Å². The monoisotopic (exact) mass is 458 g/mol. The number of ketones is 1. The summed E-state index contributed by atoms with van der Waals surface area (Å²) in [6.07, 6.45) is -12.5. The Hall–Kier alpha value is -2.02. The molecule has 0 spiro atoms. The molecular weight excluding hydrogens is 441 g/mol. The number of alkyl halides is 5. The molecule has 1 aromatic rings. The highest BCUT2D eigenvalue weighted by Gasteiger charge is 2.64. The summed E-state index contributed by atoms with van der Waals surface area (Å²) >= 11 is 0. The van der Waals surface area contributed by atoms with Crippen LogP contribution in [-0.2, 0) is 30.3 Å². The van der Waals surface area contributed by atoms with Crippen LogP contribution in [0, 0.1) is 0 Å². The first-order chi connectivity index (χ1) is 14.2. The van der Waals surface area contributed by atoms with E-state index in [-0.39, 0.29) is 6.61 Å². The first kappa shape index (κ1) is 23.6. The van der Waals surface area contributed by atoms with Crippen LogP contribution < -0.4 is 0 Å². The molecule has 4 atom stereocenters. The van der Waals surface area contributed by atoms with Crippen LogP contribution in [0.15, 0.2) is 42.0 Å². The van der Waals surface area contributed by atoms with Gasteiger partial charge in [0.05, 0.1) is 6.61 Å². The number of allylic oxidation sites excluding steroid dienone is 1. The maximum Gasteiger partial charge on any atom is 0.460 e. The van der Waals surface area contributed by atoms with Gasteiger partial charge in [-0.25, -0.2) is 4.39 Å². The molecule has 2 aliphatic rings. The second-order valence-electron chi connectivity index (χ2n) is 7.35. The maximum absolute atomic E-state index is 14.1. The lowest BCUT2D eigenvalue weighted by Crippen LogP contribution is -2.42. The van der Waals surface area contributed by atoms with Gasteiger partial charge in [0, 0.05) is 0 Å². The minimum absolute atomic E-state index is 0.168. The Morgan fingerprint density at radius 1 is 1.06 bits per heavy atom. The van der Waals surface area contributed by atoms with Crippen LogP contribution >= 0.6 is 0 Å². The van der Waals surface area contributed by atoms with Crippen molar-refractivity contribution in [3.8, 4) is 0 Å². The number of hydrogen-bond acceptors (Lipinski definition) is 5. The van der Waals surface area contributed by atoms with Crippen molar-refractivity contribution in [2.75, 3.05) is 0 Å². The summed E-state index contributed by atoms with van der Waals surface area (Å²) in [5, 5.41) is 0. The van der Waals surface area contributed by atoms with Crippen LogP contribution in [-0.4, -0.2) is 48.3 Å². The summed E-state index contributed by atoms with van der Waals surface area (Å²) in [6.45, 7) is 2.81. The molecule has 0 saturated carbocycles. The van der Waals surface area contributed by atoms with Crippen LogP contribution in [0.5, 0.6) is 0 Å². The van der Waals surface area contributed by atoms with Gasteiger partial charge in [-0.1, -0.05) is 30.3 Å². The average Bonchev–Trinajstić information content (AvgIpc) is 3.16. The van der Waals surface area contributed by atoms with Gasteiger partial charge in [0.2, 0.25) is 17.4 Å². The predicted molar refractivity (Wildman–Crippen MR) is 89.0 cm³/mol. The van der Waals surface area contributed by atoms with E-state index in [4.69, 9.17) is 18.9 Å². The van der Waals surface area contributed by atoms with Gasteiger partial charge in [-0.2, -0.15) is 26.3 Å². The minimum Gasteiger partial charge on any atom is -0.367 e. The van der Waals surface area contributed by atoms with Crippen molar-refractivity contribution in [2.24, 2.45) is 0 Å². The lowest BCUT2D eigenvalue weighted by Gasteiger charge is -2.25. The molecule has 31 heavy (non-hydrogen) atoms. The number of ether oxygens (including phenoxy) is 4. The van der Waals surface area contributed by atoms with E-state index in [1.165, 1.54) is 13.8 Å². The Bertz CT molecular complexity index is 853. The first-order valence-electron chi connectivity index (χ1n) is 8.96. The van der Waals surface area contributed by atoms with Crippen molar-refractivity contribution in [1.82, 2.24) is 0 Å². The molecule has 5 nitrogen and oxygen atoms in total. The number of hydrogen-bond donors (Lipinski definition) is 0. The van der Waals surface area contributed by atoms with E-state index in [0.717, 1.165) is 0 Å². The normalized spacial score (nSPS) is 28.9.